The predicted molar refractivity (Wildman–Crippen MR) is 119 cm³/mol. The van der Waals surface area contributed by atoms with Crippen molar-refractivity contribution in [2.45, 2.75) is 63.6 Å². The summed E-state index contributed by atoms with van der Waals surface area (Å²) in [5, 5.41) is 16.6. The molecule has 5 atom stereocenters. The summed E-state index contributed by atoms with van der Waals surface area (Å²) in [7, 11) is 0. The van der Waals surface area contributed by atoms with Crippen LogP contribution >= 0.6 is 11.3 Å². The van der Waals surface area contributed by atoms with Gasteiger partial charge in [0.15, 0.2) is 5.76 Å². The number of hydrogen-bond acceptors (Lipinski definition) is 5. The first-order valence-electron chi connectivity index (χ1n) is 11.2. The van der Waals surface area contributed by atoms with Crippen molar-refractivity contribution in [3.63, 3.8) is 0 Å². The molecule has 1 aromatic carbocycles. The molecule has 0 radical (unpaired) electrons. The van der Waals surface area contributed by atoms with E-state index < -0.39 is 6.29 Å². The fourth-order valence-electron chi connectivity index (χ4n) is 5.23. The molecule has 164 valence electrons. The van der Waals surface area contributed by atoms with Crippen LogP contribution in [-0.4, -0.2) is 23.3 Å². The highest BCUT2D eigenvalue weighted by Crippen LogP contribution is 2.44. The van der Waals surface area contributed by atoms with Crippen LogP contribution in [0.5, 0.6) is 0 Å². The van der Waals surface area contributed by atoms with E-state index in [1.54, 1.807) is 11.3 Å². The number of ether oxygens (including phenoxy) is 2. The number of benzene rings is 1. The summed E-state index contributed by atoms with van der Waals surface area (Å²) in [5.74, 6) is 1.77. The van der Waals surface area contributed by atoms with E-state index in [1.807, 2.05) is 30.3 Å². The lowest BCUT2D eigenvalue weighted by Gasteiger charge is -2.30. The molecule has 2 heterocycles. The van der Waals surface area contributed by atoms with Crippen molar-refractivity contribution in [2.75, 3.05) is 0 Å². The number of thiophene rings is 1. The molecule has 2 saturated carbocycles. The van der Waals surface area contributed by atoms with Crippen LogP contribution in [0.2, 0.25) is 0 Å². The second kappa shape index (κ2) is 9.15. The number of aliphatic hydroxyl groups excluding tert-OH is 1. The zero-order chi connectivity index (χ0) is 21.2. The number of carbonyl (C=O) groups excluding carboxylic acids is 1. The molecule has 0 spiro atoms. The van der Waals surface area contributed by atoms with Crippen molar-refractivity contribution in [3.05, 3.63) is 69.6 Å². The van der Waals surface area contributed by atoms with Crippen LogP contribution in [0.25, 0.3) is 0 Å². The molecule has 6 heteroatoms. The first-order chi connectivity index (χ1) is 15.2. The minimum Gasteiger partial charge on any atom is -0.459 e. The lowest BCUT2D eigenvalue weighted by atomic mass is 9.94. The zero-order valence-corrected chi connectivity index (χ0v) is 18.4. The van der Waals surface area contributed by atoms with E-state index in [9.17, 15) is 9.90 Å². The van der Waals surface area contributed by atoms with E-state index in [0.717, 1.165) is 23.5 Å². The molecular formula is C25H29NO4S. The number of allylic oxidation sites excluding steroid dienone is 1. The number of nitrogens with one attached hydrogen (secondary N) is 1. The van der Waals surface area contributed by atoms with Gasteiger partial charge in [0.1, 0.15) is 0 Å². The third-order valence-corrected chi connectivity index (χ3v) is 7.65. The second-order valence-corrected chi connectivity index (χ2v) is 9.80. The molecule has 5 rings (SSSR count). The van der Waals surface area contributed by atoms with E-state index in [0.29, 0.717) is 24.7 Å². The Morgan fingerprint density at radius 3 is 2.65 bits per heavy atom. The number of carbonyl (C=O) groups is 1. The molecule has 2 aliphatic carbocycles. The second-order valence-electron chi connectivity index (χ2n) is 9.02. The van der Waals surface area contributed by atoms with Crippen LogP contribution in [0.3, 0.4) is 0 Å². The number of aliphatic hydroxyl groups is 1. The lowest BCUT2D eigenvalue weighted by molar-refractivity contribution is -0.150. The fraction of sp³-hybridized carbons (Fsp3) is 0.480. The van der Waals surface area contributed by atoms with Gasteiger partial charge in [0.05, 0.1) is 13.2 Å². The summed E-state index contributed by atoms with van der Waals surface area (Å²) in [4.78, 5) is 13.1. The molecule has 1 amide bonds. The summed E-state index contributed by atoms with van der Waals surface area (Å²) in [6, 6.07) is 10.1. The fourth-order valence-corrected chi connectivity index (χ4v) is 5.95. The number of amides is 1. The highest BCUT2D eigenvalue weighted by Gasteiger charge is 2.41. The molecule has 1 aliphatic heterocycles. The highest BCUT2D eigenvalue weighted by atomic mass is 32.1. The van der Waals surface area contributed by atoms with Crippen LogP contribution in [0.4, 0.5) is 0 Å². The van der Waals surface area contributed by atoms with Crippen molar-refractivity contribution in [1.29, 1.82) is 0 Å². The van der Waals surface area contributed by atoms with Gasteiger partial charge in [-0.05, 0) is 70.7 Å². The van der Waals surface area contributed by atoms with E-state index in [2.05, 4.69) is 22.1 Å². The Kier molecular flexibility index (Phi) is 6.12. The minimum absolute atomic E-state index is 0.0288. The first kappa shape index (κ1) is 20.7. The summed E-state index contributed by atoms with van der Waals surface area (Å²) in [5.41, 5.74) is 3.08. The maximum absolute atomic E-state index is 13.1. The minimum atomic E-state index is -0.479. The van der Waals surface area contributed by atoms with Gasteiger partial charge >= 0.3 is 0 Å². The molecule has 0 saturated heterocycles. The zero-order valence-electron chi connectivity index (χ0n) is 17.5. The third-order valence-electron chi connectivity index (χ3n) is 6.95. The Bertz CT molecular complexity index is 924. The van der Waals surface area contributed by atoms with Crippen LogP contribution in [0.1, 0.15) is 54.7 Å². The molecule has 2 bridgehead atoms. The number of hydrogen-bond donors (Lipinski definition) is 2. The lowest BCUT2D eigenvalue weighted by Crippen LogP contribution is -2.41. The normalized spacial score (nSPS) is 29.5. The highest BCUT2D eigenvalue weighted by molar-refractivity contribution is 7.08. The van der Waals surface area contributed by atoms with E-state index in [1.165, 1.54) is 24.8 Å². The molecule has 2 aromatic rings. The van der Waals surface area contributed by atoms with Gasteiger partial charge in [-0.1, -0.05) is 30.7 Å². The molecule has 5 nitrogen and oxygen atoms in total. The maximum Gasteiger partial charge on any atom is 0.286 e. The molecule has 3 aliphatic rings. The largest absolute Gasteiger partial charge is 0.459 e. The smallest absolute Gasteiger partial charge is 0.286 e. The van der Waals surface area contributed by atoms with Gasteiger partial charge in [-0.15, -0.1) is 0 Å². The van der Waals surface area contributed by atoms with Gasteiger partial charge < -0.3 is 19.9 Å². The molecular weight excluding hydrogens is 410 g/mol. The van der Waals surface area contributed by atoms with E-state index >= 15 is 0 Å². The quantitative estimate of drug-likeness (QED) is 0.668. The number of fused-ring (bicyclic) bond motifs is 2. The standard InChI is InChI=1S/C25H29NO4S/c27-13-16-1-3-17(4-2-16)14-29-24-12-21(20-7-8-31-15-20)11-23(30-24)25(28)26-22-10-18-5-6-19(22)9-18/h1-4,7-8,11,15,18-19,21-22,24,27H,5-6,9-10,12-14H2,(H,26,28). The predicted octanol–water partition coefficient (Wildman–Crippen LogP) is 4.48. The third kappa shape index (κ3) is 4.71. The maximum atomic E-state index is 13.1. The van der Waals surface area contributed by atoms with E-state index in [4.69, 9.17) is 9.47 Å². The van der Waals surface area contributed by atoms with Crippen LogP contribution in [0, 0.1) is 11.8 Å². The van der Waals surface area contributed by atoms with Gasteiger partial charge in [0, 0.05) is 18.4 Å². The molecule has 1 aromatic heterocycles. The molecule has 31 heavy (non-hydrogen) atoms. The van der Waals surface area contributed by atoms with Crippen molar-refractivity contribution in [3.8, 4) is 0 Å². The molecule has 5 unspecified atom stereocenters. The first-order valence-corrected chi connectivity index (χ1v) is 12.1. The van der Waals surface area contributed by atoms with Crippen molar-refractivity contribution in [2.24, 2.45) is 11.8 Å². The topological polar surface area (TPSA) is 67.8 Å². The van der Waals surface area contributed by atoms with Gasteiger partial charge in [-0.2, -0.15) is 11.3 Å². The Labute approximate surface area is 187 Å². The van der Waals surface area contributed by atoms with Crippen LogP contribution in [0.15, 0.2) is 52.9 Å². The average Bonchev–Trinajstić information content (AvgIpc) is 3.56. The summed E-state index contributed by atoms with van der Waals surface area (Å²) in [6.45, 7) is 0.426. The van der Waals surface area contributed by atoms with Gasteiger partial charge in [-0.25, -0.2) is 0 Å². The summed E-state index contributed by atoms with van der Waals surface area (Å²) >= 11 is 1.66. The average molecular weight is 440 g/mol. The van der Waals surface area contributed by atoms with Crippen LogP contribution < -0.4 is 5.32 Å². The van der Waals surface area contributed by atoms with E-state index in [-0.39, 0.29) is 24.5 Å². The molecule has 2 N–H and O–H groups in total. The monoisotopic (exact) mass is 439 g/mol. The summed E-state index contributed by atoms with van der Waals surface area (Å²) < 4.78 is 12.1. The molecule has 2 fully saturated rings. The van der Waals surface area contributed by atoms with Crippen LogP contribution in [-0.2, 0) is 27.5 Å². The van der Waals surface area contributed by atoms with Gasteiger partial charge in [-0.3, -0.25) is 4.79 Å². The SMILES string of the molecule is O=C(NC1CC2CCC1C2)C1=CC(c2ccsc2)CC(OCc2ccc(CO)cc2)O1. The Morgan fingerprint density at radius 2 is 1.97 bits per heavy atom. The Hall–Kier alpha value is -2.15. The summed E-state index contributed by atoms with van der Waals surface area (Å²) in [6.07, 6.45) is 7.05. The van der Waals surface area contributed by atoms with Crippen molar-refractivity contribution in [1.82, 2.24) is 5.32 Å². The van der Waals surface area contributed by atoms with Crippen molar-refractivity contribution < 1.29 is 19.4 Å². The Balaban J connectivity index is 1.26. The van der Waals surface area contributed by atoms with Gasteiger partial charge in [0.2, 0.25) is 6.29 Å². The Morgan fingerprint density at radius 1 is 1.13 bits per heavy atom. The van der Waals surface area contributed by atoms with Crippen molar-refractivity contribution >= 4 is 17.2 Å². The number of rotatable bonds is 7. The van der Waals surface area contributed by atoms with Gasteiger partial charge in [0.25, 0.3) is 5.91 Å².